The molecule has 1 N–H and O–H groups in total. The van der Waals surface area contributed by atoms with Crippen molar-refractivity contribution in [1.29, 1.82) is 0 Å². The van der Waals surface area contributed by atoms with Crippen LogP contribution in [0.15, 0.2) is 83.4 Å². The first-order valence-electron chi connectivity index (χ1n) is 9.69. The minimum Gasteiger partial charge on any atom is -0.503 e. The molecule has 0 radical (unpaired) electrons. The monoisotopic (exact) mass is 419 g/mol. The lowest BCUT2D eigenvalue weighted by molar-refractivity contribution is -0.130. The van der Waals surface area contributed by atoms with Crippen molar-refractivity contribution >= 4 is 23.0 Å². The highest BCUT2D eigenvalue weighted by Crippen LogP contribution is 2.40. The molecule has 1 unspecified atom stereocenters. The lowest BCUT2D eigenvalue weighted by Gasteiger charge is -2.27. The Morgan fingerprint density at radius 3 is 2.43 bits per heavy atom. The molecule has 5 nitrogen and oxygen atoms in total. The number of Topliss-reactive ketones (excluding diaryl/α,β-unsaturated/α-hetero) is 1. The number of nitrogens with zero attached hydrogens (tertiary/aromatic N) is 1. The van der Waals surface area contributed by atoms with Gasteiger partial charge < -0.3 is 14.7 Å². The van der Waals surface area contributed by atoms with Crippen molar-refractivity contribution in [1.82, 2.24) is 4.90 Å². The number of rotatable bonds is 7. The Bertz CT molecular complexity index is 1070. The third-order valence-corrected chi connectivity index (χ3v) is 5.86. The molecule has 30 heavy (non-hydrogen) atoms. The van der Waals surface area contributed by atoms with Gasteiger partial charge in [-0.2, -0.15) is 0 Å². The molecule has 1 atom stereocenters. The molecule has 2 aromatic carbocycles. The van der Waals surface area contributed by atoms with E-state index in [-0.39, 0.29) is 17.9 Å². The number of aliphatic hydroxyl groups is 1. The summed E-state index contributed by atoms with van der Waals surface area (Å²) in [7, 11) is 0. The minimum absolute atomic E-state index is 0.125. The molecule has 0 fully saturated rings. The first-order valence-corrected chi connectivity index (χ1v) is 10.6. The topological polar surface area (TPSA) is 66.8 Å². The van der Waals surface area contributed by atoms with Gasteiger partial charge in [-0.1, -0.05) is 48.5 Å². The minimum atomic E-state index is -0.653. The number of amides is 1. The van der Waals surface area contributed by atoms with Crippen molar-refractivity contribution in [2.24, 2.45) is 0 Å². The van der Waals surface area contributed by atoms with Crippen LogP contribution in [0.5, 0.6) is 5.75 Å². The maximum Gasteiger partial charge on any atom is 0.290 e. The Balaban J connectivity index is 1.71. The molecule has 3 aromatic rings. The van der Waals surface area contributed by atoms with Gasteiger partial charge >= 0.3 is 0 Å². The molecule has 6 heteroatoms. The van der Waals surface area contributed by atoms with Crippen LogP contribution in [0.1, 0.15) is 33.8 Å². The van der Waals surface area contributed by atoms with Crippen LogP contribution in [-0.4, -0.2) is 28.3 Å². The van der Waals surface area contributed by atoms with E-state index < -0.39 is 17.7 Å². The zero-order valence-corrected chi connectivity index (χ0v) is 17.3. The largest absolute Gasteiger partial charge is 0.503 e. The van der Waals surface area contributed by atoms with Gasteiger partial charge in [0.25, 0.3) is 5.91 Å². The molecule has 0 bridgehead atoms. The average Bonchev–Trinajstić information content (AvgIpc) is 3.39. The lowest BCUT2D eigenvalue weighted by Crippen LogP contribution is -2.30. The van der Waals surface area contributed by atoms with Crippen molar-refractivity contribution in [2.75, 3.05) is 6.61 Å². The number of ether oxygens (including phenoxy) is 1. The zero-order valence-electron chi connectivity index (χ0n) is 16.4. The molecule has 1 aromatic heterocycles. The number of benzene rings is 2. The molecular weight excluding hydrogens is 398 g/mol. The van der Waals surface area contributed by atoms with E-state index in [0.29, 0.717) is 11.5 Å². The highest BCUT2D eigenvalue weighted by atomic mass is 32.1. The summed E-state index contributed by atoms with van der Waals surface area (Å²) < 4.78 is 5.48. The van der Waals surface area contributed by atoms with Crippen LogP contribution in [0.2, 0.25) is 0 Å². The van der Waals surface area contributed by atoms with Crippen LogP contribution in [0.25, 0.3) is 0 Å². The van der Waals surface area contributed by atoms with Crippen LogP contribution in [0.3, 0.4) is 0 Å². The second-order valence-corrected chi connectivity index (χ2v) is 7.84. The van der Waals surface area contributed by atoms with Crippen LogP contribution in [0.4, 0.5) is 0 Å². The summed E-state index contributed by atoms with van der Waals surface area (Å²) in [5.74, 6) is -0.590. The van der Waals surface area contributed by atoms with E-state index in [4.69, 9.17) is 4.74 Å². The quantitative estimate of drug-likeness (QED) is 0.552. The fraction of sp³-hybridized carbons (Fsp3) is 0.167. The second-order valence-electron chi connectivity index (χ2n) is 6.89. The molecule has 2 heterocycles. The van der Waals surface area contributed by atoms with Gasteiger partial charge in [0.05, 0.1) is 23.1 Å². The molecular formula is C24H21NO4S. The maximum atomic E-state index is 13.2. The van der Waals surface area contributed by atoms with Crippen LogP contribution >= 0.6 is 11.3 Å². The SMILES string of the molecule is CCOc1ccc(CN2C(=O)C(O)=C(C(=O)c3cccs3)C2c2ccccc2)cc1. The number of thiophene rings is 1. The highest BCUT2D eigenvalue weighted by Gasteiger charge is 2.43. The second kappa shape index (κ2) is 8.55. The number of hydrogen-bond donors (Lipinski definition) is 1. The average molecular weight is 420 g/mol. The number of carbonyl (C=O) groups is 2. The van der Waals surface area contributed by atoms with Gasteiger partial charge in [-0.3, -0.25) is 9.59 Å². The summed E-state index contributed by atoms with van der Waals surface area (Å²) in [6.07, 6.45) is 0. The van der Waals surface area contributed by atoms with E-state index in [1.54, 1.807) is 22.4 Å². The predicted octanol–water partition coefficient (Wildman–Crippen LogP) is 4.93. The van der Waals surface area contributed by atoms with Gasteiger partial charge in [0.2, 0.25) is 5.78 Å². The van der Waals surface area contributed by atoms with E-state index in [9.17, 15) is 14.7 Å². The number of aliphatic hydroxyl groups excluding tert-OH is 1. The van der Waals surface area contributed by atoms with E-state index in [0.717, 1.165) is 16.9 Å². The van der Waals surface area contributed by atoms with Gasteiger partial charge in [-0.15, -0.1) is 11.3 Å². The molecule has 4 rings (SSSR count). The Morgan fingerprint density at radius 2 is 1.80 bits per heavy atom. The molecule has 0 aliphatic carbocycles. The maximum absolute atomic E-state index is 13.2. The zero-order chi connectivity index (χ0) is 21.1. The van der Waals surface area contributed by atoms with Gasteiger partial charge in [0.1, 0.15) is 5.75 Å². The lowest BCUT2D eigenvalue weighted by atomic mass is 9.95. The van der Waals surface area contributed by atoms with E-state index in [1.165, 1.54) is 11.3 Å². The number of ketones is 1. The fourth-order valence-corrected chi connectivity index (χ4v) is 4.30. The summed E-state index contributed by atoms with van der Waals surface area (Å²) in [4.78, 5) is 28.2. The van der Waals surface area contributed by atoms with E-state index >= 15 is 0 Å². The molecule has 1 aliphatic heterocycles. The van der Waals surface area contributed by atoms with Crippen molar-refractivity contribution in [3.8, 4) is 5.75 Å². The van der Waals surface area contributed by atoms with E-state index in [1.807, 2.05) is 61.5 Å². The van der Waals surface area contributed by atoms with Crippen LogP contribution < -0.4 is 4.74 Å². The molecule has 1 aliphatic rings. The summed E-state index contributed by atoms with van der Waals surface area (Å²) in [5, 5.41) is 12.5. The Morgan fingerprint density at radius 1 is 1.07 bits per heavy atom. The Hall–Kier alpha value is -3.38. The normalized spacial score (nSPS) is 16.2. The number of hydrogen-bond acceptors (Lipinski definition) is 5. The summed E-state index contributed by atoms with van der Waals surface area (Å²) >= 11 is 1.29. The molecule has 1 amide bonds. The van der Waals surface area contributed by atoms with Crippen molar-refractivity contribution in [2.45, 2.75) is 19.5 Å². The van der Waals surface area contributed by atoms with Gasteiger partial charge in [0, 0.05) is 6.54 Å². The third kappa shape index (κ3) is 3.74. The Kier molecular flexibility index (Phi) is 5.68. The van der Waals surface area contributed by atoms with Gasteiger partial charge in [0.15, 0.2) is 5.76 Å². The third-order valence-electron chi connectivity index (χ3n) is 5.00. The highest BCUT2D eigenvalue weighted by molar-refractivity contribution is 7.12. The summed E-state index contributed by atoms with van der Waals surface area (Å²) in [6, 6.07) is 19.6. The molecule has 0 saturated carbocycles. The fourth-order valence-electron chi connectivity index (χ4n) is 3.63. The van der Waals surface area contributed by atoms with Crippen LogP contribution in [0, 0.1) is 0 Å². The molecule has 152 valence electrons. The number of carbonyl (C=O) groups excluding carboxylic acids is 2. The standard InChI is InChI=1S/C24H21NO4S/c1-2-29-18-12-10-16(11-13-18)15-25-21(17-7-4-3-5-8-17)20(23(27)24(25)28)22(26)19-9-6-14-30-19/h3-14,21,27H,2,15H2,1H3. The first kappa shape index (κ1) is 19.9. The Labute approximate surface area is 178 Å². The van der Waals surface area contributed by atoms with Gasteiger partial charge in [-0.25, -0.2) is 0 Å². The van der Waals surface area contributed by atoms with Gasteiger partial charge in [-0.05, 0) is 41.6 Å². The van der Waals surface area contributed by atoms with Crippen molar-refractivity contribution in [3.63, 3.8) is 0 Å². The molecule has 0 saturated heterocycles. The first-order chi connectivity index (χ1) is 14.6. The van der Waals surface area contributed by atoms with E-state index in [2.05, 4.69) is 0 Å². The van der Waals surface area contributed by atoms with Crippen molar-refractivity contribution in [3.05, 3.63) is 99.4 Å². The summed E-state index contributed by atoms with van der Waals surface area (Å²) in [5.41, 5.74) is 1.78. The van der Waals surface area contributed by atoms with Crippen LogP contribution in [-0.2, 0) is 11.3 Å². The molecule has 0 spiro atoms. The smallest absolute Gasteiger partial charge is 0.290 e. The predicted molar refractivity (Wildman–Crippen MR) is 116 cm³/mol. The summed E-state index contributed by atoms with van der Waals surface area (Å²) in [6.45, 7) is 2.75. The van der Waals surface area contributed by atoms with Crippen molar-refractivity contribution < 1.29 is 19.4 Å².